The second kappa shape index (κ2) is 7.02. The SMILES string of the molecule is COc1cccc(C2NCCN(C)C2c2cccc(OC)c2)c1. The predicted octanol–water partition coefficient (Wildman–Crippen LogP) is 3.02. The van der Waals surface area contributed by atoms with Gasteiger partial charge in [0.2, 0.25) is 0 Å². The molecular weight excluding hydrogens is 288 g/mol. The molecule has 1 fully saturated rings. The highest BCUT2D eigenvalue weighted by atomic mass is 16.5. The highest BCUT2D eigenvalue weighted by molar-refractivity contribution is 5.36. The summed E-state index contributed by atoms with van der Waals surface area (Å²) in [6.07, 6.45) is 0. The van der Waals surface area contributed by atoms with Gasteiger partial charge in [0, 0.05) is 13.1 Å². The molecule has 4 heteroatoms. The number of ether oxygens (including phenoxy) is 2. The normalized spacial score (nSPS) is 21.9. The van der Waals surface area contributed by atoms with E-state index < -0.39 is 0 Å². The number of hydrogen-bond donors (Lipinski definition) is 1. The van der Waals surface area contributed by atoms with Crippen molar-refractivity contribution in [1.29, 1.82) is 0 Å². The van der Waals surface area contributed by atoms with Gasteiger partial charge in [0.05, 0.1) is 26.3 Å². The van der Waals surface area contributed by atoms with Crippen molar-refractivity contribution in [3.05, 3.63) is 59.7 Å². The minimum atomic E-state index is 0.218. The van der Waals surface area contributed by atoms with Crippen LogP contribution in [-0.4, -0.2) is 39.3 Å². The Morgan fingerprint density at radius 1 is 0.957 bits per heavy atom. The van der Waals surface area contributed by atoms with Crippen molar-refractivity contribution in [3.8, 4) is 11.5 Å². The van der Waals surface area contributed by atoms with Crippen LogP contribution in [0.2, 0.25) is 0 Å². The molecule has 4 nitrogen and oxygen atoms in total. The van der Waals surface area contributed by atoms with Crippen LogP contribution in [0, 0.1) is 0 Å². The molecule has 1 saturated heterocycles. The van der Waals surface area contributed by atoms with Crippen LogP contribution in [-0.2, 0) is 0 Å². The van der Waals surface area contributed by atoms with E-state index in [0.29, 0.717) is 0 Å². The van der Waals surface area contributed by atoms with Crippen molar-refractivity contribution < 1.29 is 9.47 Å². The molecule has 1 aliphatic heterocycles. The molecule has 0 aliphatic carbocycles. The lowest BCUT2D eigenvalue weighted by Gasteiger charge is -2.40. The molecule has 0 aromatic heterocycles. The first-order valence-corrected chi connectivity index (χ1v) is 7.94. The van der Waals surface area contributed by atoms with Crippen LogP contribution in [0.25, 0.3) is 0 Å². The van der Waals surface area contributed by atoms with Gasteiger partial charge in [0.1, 0.15) is 11.5 Å². The van der Waals surface area contributed by atoms with Gasteiger partial charge in [-0.15, -0.1) is 0 Å². The minimum Gasteiger partial charge on any atom is -0.497 e. The van der Waals surface area contributed by atoms with Crippen molar-refractivity contribution in [3.63, 3.8) is 0 Å². The first-order valence-electron chi connectivity index (χ1n) is 7.94. The molecule has 0 spiro atoms. The molecule has 1 heterocycles. The number of rotatable bonds is 4. The molecule has 0 saturated carbocycles. The number of piperazine rings is 1. The number of benzene rings is 2. The van der Waals surface area contributed by atoms with Gasteiger partial charge in [0.25, 0.3) is 0 Å². The Morgan fingerprint density at radius 2 is 1.57 bits per heavy atom. The van der Waals surface area contributed by atoms with Crippen LogP contribution < -0.4 is 14.8 Å². The van der Waals surface area contributed by atoms with Gasteiger partial charge in [-0.3, -0.25) is 4.90 Å². The van der Waals surface area contributed by atoms with Crippen molar-refractivity contribution in [2.45, 2.75) is 12.1 Å². The Morgan fingerprint density at radius 3 is 2.22 bits per heavy atom. The molecule has 1 aliphatic rings. The Labute approximate surface area is 138 Å². The molecule has 2 unspecified atom stereocenters. The summed E-state index contributed by atoms with van der Waals surface area (Å²) in [7, 11) is 5.60. The fourth-order valence-electron chi connectivity index (χ4n) is 3.31. The highest BCUT2D eigenvalue weighted by Gasteiger charge is 2.31. The van der Waals surface area contributed by atoms with Crippen molar-refractivity contribution in [2.75, 3.05) is 34.4 Å². The maximum Gasteiger partial charge on any atom is 0.119 e. The highest BCUT2D eigenvalue weighted by Crippen LogP contribution is 2.37. The van der Waals surface area contributed by atoms with Gasteiger partial charge in [0.15, 0.2) is 0 Å². The summed E-state index contributed by atoms with van der Waals surface area (Å²) >= 11 is 0. The van der Waals surface area contributed by atoms with Gasteiger partial charge in [-0.25, -0.2) is 0 Å². The third kappa shape index (κ3) is 3.33. The second-order valence-electron chi connectivity index (χ2n) is 5.91. The monoisotopic (exact) mass is 312 g/mol. The quantitative estimate of drug-likeness (QED) is 0.941. The van der Waals surface area contributed by atoms with Crippen LogP contribution in [0.15, 0.2) is 48.5 Å². The van der Waals surface area contributed by atoms with Gasteiger partial charge >= 0.3 is 0 Å². The zero-order chi connectivity index (χ0) is 16.2. The first kappa shape index (κ1) is 15.8. The van der Waals surface area contributed by atoms with Gasteiger partial charge < -0.3 is 14.8 Å². The Balaban J connectivity index is 1.98. The number of methoxy groups -OCH3 is 2. The largest absolute Gasteiger partial charge is 0.497 e. The maximum absolute atomic E-state index is 5.40. The van der Waals surface area contributed by atoms with E-state index in [1.165, 1.54) is 11.1 Å². The molecule has 2 aromatic rings. The smallest absolute Gasteiger partial charge is 0.119 e. The van der Waals surface area contributed by atoms with E-state index in [4.69, 9.17) is 9.47 Å². The number of likely N-dealkylation sites (N-methyl/N-ethyl adjacent to an activating group) is 1. The van der Waals surface area contributed by atoms with E-state index >= 15 is 0 Å². The lowest BCUT2D eigenvalue weighted by Crippen LogP contribution is -2.46. The predicted molar refractivity (Wildman–Crippen MR) is 92.1 cm³/mol. The topological polar surface area (TPSA) is 33.7 Å². The number of nitrogens with one attached hydrogen (secondary N) is 1. The molecule has 0 bridgehead atoms. The Bertz CT molecular complexity index is 659. The molecule has 122 valence electrons. The van der Waals surface area contributed by atoms with Gasteiger partial charge in [-0.2, -0.15) is 0 Å². The summed E-state index contributed by atoms with van der Waals surface area (Å²) in [5.41, 5.74) is 2.50. The molecule has 23 heavy (non-hydrogen) atoms. The lowest BCUT2D eigenvalue weighted by molar-refractivity contribution is 0.151. The molecule has 3 rings (SSSR count). The van der Waals surface area contributed by atoms with Crippen LogP contribution in [0.4, 0.5) is 0 Å². The third-order valence-corrected chi connectivity index (χ3v) is 4.51. The number of nitrogens with zero attached hydrogens (tertiary/aromatic N) is 1. The van der Waals surface area contributed by atoms with Crippen molar-refractivity contribution >= 4 is 0 Å². The van der Waals surface area contributed by atoms with E-state index in [-0.39, 0.29) is 12.1 Å². The Hall–Kier alpha value is -2.04. The summed E-state index contributed by atoms with van der Waals surface area (Å²) < 4.78 is 10.8. The minimum absolute atomic E-state index is 0.218. The fraction of sp³-hybridized carbons (Fsp3) is 0.368. The summed E-state index contributed by atoms with van der Waals surface area (Å²) in [6.45, 7) is 1.99. The zero-order valence-corrected chi connectivity index (χ0v) is 14.0. The second-order valence-corrected chi connectivity index (χ2v) is 5.91. The van der Waals surface area contributed by atoms with Gasteiger partial charge in [-0.1, -0.05) is 24.3 Å². The van der Waals surface area contributed by atoms with E-state index in [0.717, 1.165) is 24.6 Å². The summed E-state index contributed by atoms with van der Waals surface area (Å²) in [4.78, 5) is 2.40. The van der Waals surface area contributed by atoms with Gasteiger partial charge in [-0.05, 0) is 42.4 Å². The van der Waals surface area contributed by atoms with Crippen molar-refractivity contribution in [1.82, 2.24) is 10.2 Å². The molecular formula is C19H24N2O2. The van der Waals surface area contributed by atoms with E-state index in [9.17, 15) is 0 Å². The Kier molecular flexibility index (Phi) is 4.84. The van der Waals surface area contributed by atoms with Crippen LogP contribution in [0.5, 0.6) is 11.5 Å². The summed E-state index contributed by atoms with van der Waals surface area (Å²) in [5, 5.41) is 3.67. The van der Waals surface area contributed by atoms with E-state index in [1.807, 2.05) is 18.2 Å². The standard InChI is InChI=1S/C19H24N2O2/c1-21-11-10-20-18(14-6-4-8-16(12-14)22-2)19(21)15-7-5-9-17(13-15)23-3/h4-9,12-13,18-20H,10-11H2,1-3H3. The van der Waals surface area contributed by atoms with Crippen molar-refractivity contribution in [2.24, 2.45) is 0 Å². The van der Waals surface area contributed by atoms with E-state index in [1.54, 1.807) is 14.2 Å². The summed E-state index contributed by atoms with van der Waals surface area (Å²) in [6, 6.07) is 17.1. The number of hydrogen-bond acceptors (Lipinski definition) is 4. The molecule has 2 atom stereocenters. The van der Waals surface area contributed by atoms with Crippen LogP contribution in [0.3, 0.4) is 0 Å². The zero-order valence-electron chi connectivity index (χ0n) is 14.0. The maximum atomic E-state index is 5.40. The first-order chi connectivity index (χ1) is 11.2. The lowest BCUT2D eigenvalue weighted by atomic mass is 9.90. The molecule has 1 N–H and O–H groups in total. The summed E-state index contributed by atoms with van der Waals surface area (Å²) in [5.74, 6) is 1.78. The van der Waals surface area contributed by atoms with Crippen LogP contribution >= 0.6 is 0 Å². The fourth-order valence-corrected chi connectivity index (χ4v) is 3.31. The third-order valence-electron chi connectivity index (χ3n) is 4.51. The average Bonchev–Trinajstić information content (AvgIpc) is 2.61. The van der Waals surface area contributed by atoms with Crippen LogP contribution in [0.1, 0.15) is 23.2 Å². The molecule has 2 aromatic carbocycles. The molecule has 0 radical (unpaired) electrons. The average molecular weight is 312 g/mol. The van der Waals surface area contributed by atoms with E-state index in [2.05, 4.69) is 47.6 Å². The molecule has 0 amide bonds.